The van der Waals surface area contributed by atoms with Crippen LogP contribution in [0.3, 0.4) is 0 Å². The summed E-state index contributed by atoms with van der Waals surface area (Å²) < 4.78 is 10.9. The average Bonchev–Trinajstić information content (AvgIpc) is 2.24. The summed E-state index contributed by atoms with van der Waals surface area (Å²) in [5.41, 5.74) is -0.0583. The third-order valence-electron chi connectivity index (χ3n) is 3.10. The molecule has 0 aliphatic heterocycles. The van der Waals surface area contributed by atoms with E-state index in [-0.39, 0.29) is 5.60 Å². The molecule has 92 valence electrons. The summed E-state index contributed by atoms with van der Waals surface area (Å²) in [7, 11) is 3.75. The summed E-state index contributed by atoms with van der Waals surface area (Å²) in [6.45, 7) is 8.01. The zero-order valence-corrected chi connectivity index (χ0v) is 10.9. The Kier molecular flexibility index (Phi) is 8.02. The Morgan fingerprint density at radius 1 is 1.33 bits per heavy atom. The molecule has 0 radical (unpaired) electrons. The lowest BCUT2D eigenvalue weighted by atomic mass is 9.90. The van der Waals surface area contributed by atoms with Crippen LogP contribution < -0.4 is 5.32 Å². The van der Waals surface area contributed by atoms with Crippen LogP contribution in [0.2, 0.25) is 0 Å². The van der Waals surface area contributed by atoms with Crippen LogP contribution in [0.1, 0.15) is 40.0 Å². The fourth-order valence-corrected chi connectivity index (χ4v) is 1.97. The maximum atomic E-state index is 5.86. The molecule has 2 atom stereocenters. The third kappa shape index (κ3) is 4.96. The standard InChI is InChI=1S/C12H27NO2/c1-6-12(3,15-7-2)11(13-4)9-8-10-14-5/h11,13H,6-10H2,1-5H3. The largest absolute Gasteiger partial charge is 0.385 e. The van der Waals surface area contributed by atoms with Crippen molar-refractivity contribution in [3.05, 3.63) is 0 Å². The highest BCUT2D eigenvalue weighted by Crippen LogP contribution is 2.23. The molecule has 0 bridgehead atoms. The summed E-state index contributed by atoms with van der Waals surface area (Å²) in [5, 5.41) is 3.36. The first-order chi connectivity index (χ1) is 7.14. The molecule has 3 nitrogen and oxygen atoms in total. The normalized spacial score (nSPS) is 17.4. The first kappa shape index (κ1) is 14.9. The van der Waals surface area contributed by atoms with Crippen LogP contribution in [-0.2, 0) is 9.47 Å². The van der Waals surface area contributed by atoms with E-state index in [1.807, 2.05) is 7.05 Å². The van der Waals surface area contributed by atoms with Gasteiger partial charge in [0.15, 0.2) is 0 Å². The molecule has 1 N–H and O–H groups in total. The van der Waals surface area contributed by atoms with Crippen LogP contribution in [0.25, 0.3) is 0 Å². The van der Waals surface area contributed by atoms with E-state index in [9.17, 15) is 0 Å². The molecule has 0 saturated carbocycles. The van der Waals surface area contributed by atoms with Crippen molar-refractivity contribution >= 4 is 0 Å². The van der Waals surface area contributed by atoms with Gasteiger partial charge in [-0.1, -0.05) is 6.92 Å². The number of nitrogens with one attached hydrogen (secondary N) is 1. The van der Waals surface area contributed by atoms with Gasteiger partial charge in [0.2, 0.25) is 0 Å². The molecule has 0 fully saturated rings. The van der Waals surface area contributed by atoms with Gasteiger partial charge in [-0.3, -0.25) is 0 Å². The molecule has 0 rings (SSSR count). The smallest absolute Gasteiger partial charge is 0.0803 e. The molecule has 0 saturated heterocycles. The van der Waals surface area contributed by atoms with Crippen molar-refractivity contribution in [2.75, 3.05) is 27.4 Å². The predicted octanol–water partition coefficient (Wildman–Crippen LogP) is 2.21. The van der Waals surface area contributed by atoms with E-state index < -0.39 is 0 Å². The summed E-state index contributed by atoms with van der Waals surface area (Å²) in [6.07, 6.45) is 3.19. The highest BCUT2D eigenvalue weighted by Gasteiger charge is 2.31. The molecule has 0 spiro atoms. The third-order valence-corrected chi connectivity index (χ3v) is 3.10. The van der Waals surface area contributed by atoms with Crippen molar-refractivity contribution in [3.8, 4) is 0 Å². The molecule has 2 unspecified atom stereocenters. The second-order valence-corrected chi connectivity index (χ2v) is 4.08. The first-order valence-corrected chi connectivity index (χ1v) is 5.94. The second-order valence-electron chi connectivity index (χ2n) is 4.08. The summed E-state index contributed by atoms with van der Waals surface area (Å²) >= 11 is 0. The monoisotopic (exact) mass is 217 g/mol. The van der Waals surface area contributed by atoms with Gasteiger partial charge in [0.05, 0.1) is 5.60 Å². The topological polar surface area (TPSA) is 30.5 Å². The van der Waals surface area contributed by atoms with Crippen molar-refractivity contribution in [2.45, 2.75) is 51.7 Å². The van der Waals surface area contributed by atoms with Gasteiger partial charge in [-0.25, -0.2) is 0 Å². The van der Waals surface area contributed by atoms with E-state index in [2.05, 4.69) is 26.1 Å². The minimum Gasteiger partial charge on any atom is -0.385 e. The van der Waals surface area contributed by atoms with Gasteiger partial charge in [0, 0.05) is 26.4 Å². The van der Waals surface area contributed by atoms with Crippen LogP contribution in [0.15, 0.2) is 0 Å². The Labute approximate surface area is 94.5 Å². The molecular formula is C12H27NO2. The van der Waals surface area contributed by atoms with Crippen LogP contribution in [-0.4, -0.2) is 39.0 Å². The lowest BCUT2D eigenvalue weighted by molar-refractivity contribution is -0.0565. The Balaban J connectivity index is 4.19. The minimum absolute atomic E-state index is 0.0583. The van der Waals surface area contributed by atoms with E-state index in [4.69, 9.17) is 9.47 Å². The quantitative estimate of drug-likeness (QED) is 0.601. The lowest BCUT2D eigenvalue weighted by Crippen LogP contribution is -2.49. The highest BCUT2D eigenvalue weighted by atomic mass is 16.5. The molecule has 0 aliphatic carbocycles. The van der Waals surface area contributed by atoms with Crippen molar-refractivity contribution < 1.29 is 9.47 Å². The molecule has 0 aromatic carbocycles. The fraction of sp³-hybridized carbons (Fsp3) is 1.00. The number of ether oxygens (including phenoxy) is 2. The number of hydrogen-bond donors (Lipinski definition) is 1. The van der Waals surface area contributed by atoms with E-state index in [0.29, 0.717) is 6.04 Å². The zero-order valence-electron chi connectivity index (χ0n) is 10.9. The summed E-state index contributed by atoms with van der Waals surface area (Å²) in [4.78, 5) is 0. The summed E-state index contributed by atoms with van der Waals surface area (Å²) in [5.74, 6) is 0. The highest BCUT2D eigenvalue weighted by molar-refractivity contribution is 4.87. The number of methoxy groups -OCH3 is 1. The minimum atomic E-state index is -0.0583. The molecule has 0 heterocycles. The molecule has 15 heavy (non-hydrogen) atoms. The van der Waals surface area contributed by atoms with E-state index >= 15 is 0 Å². The van der Waals surface area contributed by atoms with Crippen LogP contribution in [0.5, 0.6) is 0 Å². The zero-order chi connectivity index (χ0) is 11.7. The summed E-state index contributed by atoms with van der Waals surface area (Å²) in [6, 6.07) is 0.401. The van der Waals surface area contributed by atoms with Gasteiger partial charge in [-0.05, 0) is 40.2 Å². The first-order valence-electron chi connectivity index (χ1n) is 5.94. The van der Waals surface area contributed by atoms with Crippen molar-refractivity contribution in [1.82, 2.24) is 5.32 Å². The molecule has 0 aromatic heterocycles. The second kappa shape index (κ2) is 8.08. The Bertz CT molecular complexity index is 153. The van der Waals surface area contributed by atoms with Crippen molar-refractivity contribution in [1.29, 1.82) is 0 Å². The predicted molar refractivity (Wildman–Crippen MR) is 64.3 cm³/mol. The van der Waals surface area contributed by atoms with Crippen LogP contribution in [0.4, 0.5) is 0 Å². The van der Waals surface area contributed by atoms with Gasteiger partial charge in [0.1, 0.15) is 0 Å². The fourth-order valence-electron chi connectivity index (χ4n) is 1.97. The maximum Gasteiger partial charge on any atom is 0.0803 e. The van der Waals surface area contributed by atoms with Gasteiger partial charge < -0.3 is 14.8 Å². The number of hydrogen-bond acceptors (Lipinski definition) is 3. The molecular weight excluding hydrogens is 190 g/mol. The van der Waals surface area contributed by atoms with E-state index in [0.717, 1.165) is 32.5 Å². The lowest BCUT2D eigenvalue weighted by Gasteiger charge is -2.36. The van der Waals surface area contributed by atoms with E-state index in [1.54, 1.807) is 7.11 Å². The Hall–Kier alpha value is -0.120. The van der Waals surface area contributed by atoms with Gasteiger partial charge in [-0.2, -0.15) is 0 Å². The Morgan fingerprint density at radius 3 is 2.40 bits per heavy atom. The number of rotatable bonds is 9. The van der Waals surface area contributed by atoms with E-state index in [1.165, 1.54) is 0 Å². The number of likely N-dealkylation sites (N-methyl/N-ethyl adjacent to an activating group) is 1. The van der Waals surface area contributed by atoms with Crippen LogP contribution in [0, 0.1) is 0 Å². The van der Waals surface area contributed by atoms with Crippen molar-refractivity contribution in [2.24, 2.45) is 0 Å². The SMILES string of the molecule is CCOC(C)(CC)C(CCCOC)NC. The molecule has 0 aliphatic rings. The van der Waals surface area contributed by atoms with Gasteiger partial charge in [-0.15, -0.1) is 0 Å². The molecule has 0 amide bonds. The molecule has 3 heteroatoms. The maximum absolute atomic E-state index is 5.86. The van der Waals surface area contributed by atoms with Crippen molar-refractivity contribution in [3.63, 3.8) is 0 Å². The van der Waals surface area contributed by atoms with Crippen LogP contribution >= 0.6 is 0 Å². The molecule has 0 aromatic rings. The Morgan fingerprint density at radius 2 is 2.00 bits per heavy atom. The van der Waals surface area contributed by atoms with Gasteiger partial charge >= 0.3 is 0 Å². The van der Waals surface area contributed by atoms with Gasteiger partial charge in [0.25, 0.3) is 0 Å². The average molecular weight is 217 g/mol.